The van der Waals surface area contributed by atoms with Crippen LogP contribution in [0.5, 0.6) is 0 Å². The summed E-state index contributed by atoms with van der Waals surface area (Å²) in [6.45, 7) is 2.81. The van der Waals surface area contributed by atoms with Crippen LogP contribution in [0, 0.1) is 6.92 Å². The van der Waals surface area contributed by atoms with Crippen LogP contribution in [0.2, 0.25) is 0 Å². The van der Waals surface area contributed by atoms with Gasteiger partial charge in [-0.3, -0.25) is 0 Å². The van der Waals surface area contributed by atoms with Crippen molar-refractivity contribution in [3.63, 3.8) is 0 Å². The van der Waals surface area contributed by atoms with E-state index in [0.29, 0.717) is 5.11 Å². The molecule has 0 saturated heterocycles. The van der Waals surface area contributed by atoms with Gasteiger partial charge in [0.1, 0.15) is 0 Å². The van der Waals surface area contributed by atoms with E-state index in [1.165, 1.54) is 21.4 Å². The molecule has 1 atom stereocenters. The Hall–Kier alpha value is -2.63. The average Bonchev–Trinajstić information content (AvgIpc) is 3.35. The Labute approximate surface area is 168 Å². The molecule has 0 aliphatic rings. The molecule has 0 saturated carbocycles. The molecular formula is C22H21N3S2. The number of aromatic nitrogens is 1. The maximum atomic E-state index is 5.54. The monoisotopic (exact) mass is 391 g/mol. The van der Waals surface area contributed by atoms with Crippen molar-refractivity contribution in [2.75, 3.05) is 11.9 Å². The van der Waals surface area contributed by atoms with E-state index in [2.05, 4.69) is 76.6 Å². The molecule has 3 N–H and O–H groups in total. The van der Waals surface area contributed by atoms with Crippen molar-refractivity contribution in [1.82, 2.24) is 10.3 Å². The predicted molar refractivity (Wildman–Crippen MR) is 120 cm³/mol. The van der Waals surface area contributed by atoms with Gasteiger partial charge in [-0.1, -0.05) is 42.5 Å². The van der Waals surface area contributed by atoms with E-state index in [9.17, 15) is 0 Å². The Morgan fingerprint density at radius 2 is 1.89 bits per heavy atom. The molecule has 0 spiro atoms. The SMILES string of the molecule is Cc1ccccc1NC(=S)NC[C@H](c1cccs1)c1c[nH]c2ccccc12. The molecule has 2 aromatic carbocycles. The van der Waals surface area contributed by atoms with Crippen molar-refractivity contribution in [1.29, 1.82) is 0 Å². The summed E-state index contributed by atoms with van der Waals surface area (Å²) < 4.78 is 0. The van der Waals surface area contributed by atoms with E-state index < -0.39 is 0 Å². The second kappa shape index (κ2) is 7.94. The molecule has 0 aliphatic carbocycles. The van der Waals surface area contributed by atoms with E-state index in [1.807, 2.05) is 18.2 Å². The first-order valence-corrected chi connectivity index (χ1v) is 10.2. The molecule has 0 amide bonds. The Morgan fingerprint density at radius 1 is 1.07 bits per heavy atom. The quantitative estimate of drug-likeness (QED) is 0.385. The summed E-state index contributed by atoms with van der Waals surface area (Å²) >= 11 is 7.32. The van der Waals surface area contributed by atoms with E-state index in [-0.39, 0.29) is 5.92 Å². The van der Waals surface area contributed by atoms with Crippen LogP contribution in [0.15, 0.2) is 72.2 Å². The second-order valence-corrected chi connectivity index (χ2v) is 7.90. The molecular weight excluding hydrogens is 370 g/mol. The minimum atomic E-state index is 0.234. The van der Waals surface area contributed by atoms with Crippen LogP contribution in [-0.2, 0) is 0 Å². The minimum absolute atomic E-state index is 0.234. The summed E-state index contributed by atoms with van der Waals surface area (Å²) in [7, 11) is 0. The van der Waals surface area contributed by atoms with Crippen LogP contribution in [0.4, 0.5) is 5.69 Å². The number of hydrogen-bond donors (Lipinski definition) is 3. The number of anilines is 1. The van der Waals surface area contributed by atoms with Crippen LogP contribution < -0.4 is 10.6 Å². The largest absolute Gasteiger partial charge is 0.361 e. The Bertz CT molecular complexity index is 1050. The van der Waals surface area contributed by atoms with E-state index >= 15 is 0 Å². The van der Waals surface area contributed by atoms with Gasteiger partial charge in [-0.05, 0) is 53.8 Å². The molecule has 0 bridgehead atoms. The highest BCUT2D eigenvalue weighted by molar-refractivity contribution is 7.80. The lowest BCUT2D eigenvalue weighted by atomic mass is 9.97. The van der Waals surface area contributed by atoms with Gasteiger partial charge in [0, 0.05) is 40.1 Å². The first-order valence-electron chi connectivity index (χ1n) is 8.92. The van der Waals surface area contributed by atoms with Gasteiger partial charge in [0.25, 0.3) is 0 Å². The molecule has 27 heavy (non-hydrogen) atoms. The van der Waals surface area contributed by atoms with Crippen molar-refractivity contribution >= 4 is 45.3 Å². The number of H-pyrrole nitrogens is 1. The van der Waals surface area contributed by atoms with E-state index in [1.54, 1.807) is 11.3 Å². The zero-order chi connectivity index (χ0) is 18.6. The van der Waals surface area contributed by atoms with Crippen molar-refractivity contribution in [2.24, 2.45) is 0 Å². The Kier molecular flexibility index (Phi) is 5.23. The van der Waals surface area contributed by atoms with Crippen LogP contribution >= 0.6 is 23.6 Å². The van der Waals surface area contributed by atoms with Gasteiger partial charge in [0.15, 0.2) is 5.11 Å². The number of nitrogens with one attached hydrogen (secondary N) is 3. The summed E-state index contributed by atoms with van der Waals surface area (Å²) in [5.74, 6) is 0.234. The van der Waals surface area contributed by atoms with Gasteiger partial charge in [-0.2, -0.15) is 0 Å². The molecule has 2 aromatic heterocycles. The van der Waals surface area contributed by atoms with Gasteiger partial charge in [0.2, 0.25) is 0 Å². The smallest absolute Gasteiger partial charge is 0.170 e. The first kappa shape index (κ1) is 17.8. The van der Waals surface area contributed by atoms with E-state index in [0.717, 1.165) is 17.7 Å². The van der Waals surface area contributed by atoms with Gasteiger partial charge >= 0.3 is 0 Å². The van der Waals surface area contributed by atoms with Gasteiger partial charge in [0.05, 0.1) is 0 Å². The van der Waals surface area contributed by atoms with Gasteiger partial charge in [-0.25, -0.2) is 0 Å². The average molecular weight is 392 g/mol. The topological polar surface area (TPSA) is 39.8 Å². The highest BCUT2D eigenvalue weighted by Crippen LogP contribution is 2.32. The Balaban J connectivity index is 1.54. The summed E-state index contributed by atoms with van der Waals surface area (Å²) in [6, 6.07) is 20.9. The lowest BCUT2D eigenvalue weighted by Gasteiger charge is -2.18. The molecule has 5 heteroatoms. The molecule has 4 rings (SSSR count). The maximum Gasteiger partial charge on any atom is 0.170 e. The third kappa shape index (κ3) is 3.89. The number of fused-ring (bicyclic) bond motifs is 1. The van der Waals surface area contributed by atoms with Crippen molar-refractivity contribution in [3.05, 3.63) is 88.2 Å². The fourth-order valence-electron chi connectivity index (χ4n) is 3.31. The molecule has 0 radical (unpaired) electrons. The predicted octanol–water partition coefficient (Wildman–Crippen LogP) is 5.66. The van der Waals surface area contributed by atoms with Crippen LogP contribution in [0.1, 0.15) is 21.9 Å². The molecule has 0 aliphatic heterocycles. The van der Waals surface area contributed by atoms with Crippen LogP contribution in [0.3, 0.4) is 0 Å². The third-order valence-corrected chi connectivity index (χ3v) is 5.98. The number of aromatic amines is 1. The van der Waals surface area contributed by atoms with Crippen LogP contribution in [0.25, 0.3) is 10.9 Å². The number of rotatable bonds is 5. The summed E-state index contributed by atoms with van der Waals surface area (Å²) in [5.41, 5.74) is 4.66. The van der Waals surface area contributed by atoms with E-state index in [4.69, 9.17) is 12.2 Å². The number of para-hydroxylation sites is 2. The second-order valence-electron chi connectivity index (χ2n) is 6.51. The highest BCUT2D eigenvalue weighted by atomic mass is 32.1. The van der Waals surface area contributed by atoms with Crippen molar-refractivity contribution < 1.29 is 0 Å². The van der Waals surface area contributed by atoms with Crippen molar-refractivity contribution in [2.45, 2.75) is 12.8 Å². The standard InChI is InChI=1S/C22H21N3S2/c1-15-7-2-4-9-19(15)25-22(26)24-14-18(21-11-6-12-27-21)17-13-23-20-10-5-3-8-16(17)20/h2-13,18,23H,14H2,1H3,(H2,24,25,26)/t18-/m0/s1. The van der Waals surface area contributed by atoms with Gasteiger partial charge in [-0.15, -0.1) is 11.3 Å². The highest BCUT2D eigenvalue weighted by Gasteiger charge is 2.19. The molecule has 136 valence electrons. The summed E-state index contributed by atoms with van der Waals surface area (Å²) in [5, 5.41) is 10.8. The summed E-state index contributed by atoms with van der Waals surface area (Å²) in [4.78, 5) is 4.72. The number of thiophene rings is 1. The lowest BCUT2D eigenvalue weighted by molar-refractivity contribution is 0.778. The maximum absolute atomic E-state index is 5.54. The van der Waals surface area contributed by atoms with Crippen LogP contribution in [-0.4, -0.2) is 16.6 Å². The zero-order valence-electron chi connectivity index (χ0n) is 15.0. The van der Waals surface area contributed by atoms with Gasteiger partial charge < -0.3 is 15.6 Å². The number of hydrogen-bond acceptors (Lipinski definition) is 2. The first-order chi connectivity index (χ1) is 13.2. The molecule has 3 nitrogen and oxygen atoms in total. The normalized spacial score (nSPS) is 12.0. The third-order valence-electron chi connectivity index (χ3n) is 4.74. The number of thiocarbonyl (C=S) groups is 1. The molecule has 4 aromatic rings. The molecule has 0 unspecified atom stereocenters. The number of benzene rings is 2. The summed E-state index contributed by atoms with van der Waals surface area (Å²) in [6.07, 6.45) is 2.12. The fraction of sp³-hybridized carbons (Fsp3) is 0.136. The van der Waals surface area contributed by atoms with Crippen molar-refractivity contribution in [3.8, 4) is 0 Å². The number of aryl methyl sites for hydroxylation is 1. The lowest BCUT2D eigenvalue weighted by Crippen LogP contribution is -2.32. The Morgan fingerprint density at radius 3 is 2.70 bits per heavy atom. The fourth-order valence-corrected chi connectivity index (χ4v) is 4.35. The molecule has 2 heterocycles. The minimum Gasteiger partial charge on any atom is -0.361 e. The zero-order valence-corrected chi connectivity index (χ0v) is 16.7. The molecule has 0 fully saturated rings.